The maximum atomic E-state index is 12.5. The molecule has 0 heterocycles. The van der Waals surface area contributed by atoms with Gasteiger partial charge in [-0.2, -0.15) is 0 Å². The summed E-state index contributed by atoms with van der Waals surface area (Å²) in [4.78, 5) is 26.7. The lowest BCUT2D eigenvalue weighted by Crippen LogP contribution is -2.35. The van der Waals surface area contributed by atoms with Gasteiger partial charge in [-0.1, -0.05) is 60.7 Å². The lowest BCUT2D eigenvalue weighted by Gasteiger charge is -2.26. The van der Waals surface area contributed by atoms with Crippen LogP contribution in [-0.4, -0.2) is 36.6 Å². The van der Waals surface area contributed by atoms with Crippen molar-refractivity contribution < 1.29 is 19.1 Å². The van der Waals surface area contributed by atoms with Crippen LogP contribution in [0.4, 0.5) is 0 Å². The van der Waals surface area contributed by atoms with Crippen LogP contribution in [-0.2, 0) is 32.2 Å². The van der Waals surface area contributed by atoms with E-state index in [1.165, 1.54) is 0 Å². The highest BCUT2D eigenvalue weighted by Gasteiger charge is 2.26. The van der Waals surface area contributed by atoms with Crippen LogP contribution in [0.25, 0.3) is 0 Å². The molecule has 0 radical (unpaired) electrons. The maximum absolute atomic E-state index is 12.5. The molecule has 2 rings (SSSR count). The standard InChI is InChI=1S/C23H29NO4/c1-3-27-22(25)15-21(23(26)28-4-2)18-24(16-19-11-7-5-8-12-19)17-20-13-9-6-10-14-20/h5-14,21H,3-4,15-18H2,1-2H3. The predicted octanol–water partition coefficient (Wildman–Crippen LogP) is 3.82. The number of benzene rings is 2. The SMILES string of the molecule is CCOC(=O)CC(CN(Cc1ccccc1)Cc1ccccc1)C(=O)OCC. The molecule has 5 heteroatoms. The highest BCUT2D eigenvalue weighted by atomic mass is 16.5. The fourth-order valence-electron chi connectivity index (χ4n) is 3.08. The summed E-state index contributed by atoms with van der Waals surface area (Å²) in [6.45, 7) is 5.88. The summed E-state index contributed by atoms with van der Waals surface area (Å²) >= 11 is 0. The van der Waals surface area contributed by atoms with Crippen LogP contribution >= 0.6 is 0 Å². The van der Waals surface area contributed by atoms with Crippen LogP contribution in [0, 0.1) is 5.92 Å². The summed E-state index contributed by atoms with van der Waals surface area (Å²) in [7, 11) is 0. The molecule has 1 unspecified atom stereocenters. The summed E-state index contributed by atoms with van der Waals surface area (Å²) in [5, 5.41) is 0. The molecular weight excluding hydrogens is 354 g/mol. The van der Waals surface area contributed by atoms with Gasteiger partial charge in [0, 0.05) is 19.6 Å². The van der Waals surface area contributed by atoms with Crippen LogP contribution in [0.2, 0.25) is 0 Å². The number of carbonyl (C=O) groups is 2. The average molecular weight is 383 g/mol. The summed E-state index contributed by atoms with van der Waals surface area (Å²) in [6.07, 6.45) is 0.0206. The third-order valence-corrected chi connectivity index (χ3v) is 4.31. The van der Waals surface area contributed by atoms with Crippen molar-refractivity contribution >= 4 is 11.9 Å². The lowest BCUT2D eigenvalue weighted by molar-refractivity contribution is -0.155. The first-order valence-corrected chi connectivity index (χ1v) is 9.74. The van der Waals surface area contributed by atoms with Gasteiger partial charge in [0.25, 0.3) is 0 Å². The third kappa shape index (κ3) is 7.53. The zero-order chi connectivity index (χ0) is 20.2. The number of esters is 2. The topological polar surface area (TPSA) is 55.8 Å². The minimum absolute atomic E-state index is 0.0206. The van der Waals surface area contributed by atoms with E-state index >= 15 is 0 Å². The molecule has 0 saturated carbocycles. The van der Waals surface area contributed by atoms with E-state index in [1.807, 2.05) is 36.4 Å². The first-order valence-electron chi connectivity index (χ1n) is 9.74. The van der Waals surface area contributed by atoms with Gasteiger partial charge in [-0.15, -0.1) is 0 Å². The number of ether oxygens (including phenoxy) is 2. The molecule has 28 heavy (non-hydrogen) atoms. The van der Waals surface area contributed by atoms with E-state index in [2.05, 4.69) is 29.2 Å². The smallest absolute Gasteiger partial charge is 0.310 e. The number of hydrogen-bond acceptors (Lipinski definition) is 5. The van der Waals surface area contributed by atoms with Crippen molar-refractivity contribution in [2.24, 2.45) is 5.92 Å². The van der Waals surface area contributed by atoms with Gasteiger partial charge in [0.2, 0.25) is 0 Å². The summed E-state index contributed by atoms with van der Waals surface area (Å²) < 4.78 is 10.3. The van der Waals surface area contributed by atoms with E-state index in [1.54, 1.807) is 13.8 Å². The van der Waals surface area contributed by atoms with E-state index in [9.17, 15) is 9.59 Å². The molecule has 2 aromatic carbocycles. The maximum Gasteiger partial charge on any atom is 0.310 e. The van der Waals surface area contributed by atoms with Gasteiger partial charge in [0.05, 0.1) is 25.6 Å². The molecule has 0 fully saturated rings. The molecular formula is C23H29NO4. The van der Waals surface area contributed by atoms with Crippen LogP contribution in [0.1, 0.15) is 31.4 Å². The summed E-state index contributed by atoms with van der Waals surface area (Å²) in [5.74, 6) is -1.30. The first kappa shape index (κ1) is 21.6. The van der Waals surface area contributed by atoms with Gasteiger partial charge in [-0.05, 0) is 25.0 Å². The molecule has 0 aliphatic heterocycles. The number of carbonyl (C=O) groups excluding carboxylic acids is 2. The highest BCUT2D eigenvalue weighted by Crippen LogP contribution is 2.16. The summed E-state index contributed by atoms with van der Waals surface area (Å²) in [5.41, 5.74) is 2.30. The van der Waals surface area contributed by atoms with Crippen LogP contribution < -0.4 is 0 Å². The van der Waals surface area contributed by atoms with Gasteiger partial charge in [0.15, 0.2) is 0 Å². The molecule has 2 aromatic rings. The van der Waals surface area contributed by atoms with Gasteiger partial charge in [-0.3, -0.25) is 14.5 Å². The van der Waals surface area contributed by atoms with Crippen molar-refractivity contribution in [2.75, 3.05) is 19.8 Å². The molecule has 0 aliphatic carbocycles. The Morgan fingerprint density at radius 2 is 1.32 bits per heavy atom. The second-order valence-corrected chi connectivity index (χ2v) is 6.60. The Balaban J connectivity index is 2.17. The number of nitrogens with zero attached hydrogens (tertiary/aromatic N) is 1. The highest BCUT2D eigenvalue weighted by molar-refractivity contribution is 5.80. The van der Waals surface area contributed by atoms with E-state index in [4.69, 9.17) is 9.47 Å². The van der Waals surface area contributed by atoms with Crippen molar-refractivity contribution in [2.45, 2.75) is 33.4 Å². The van der Waals surface area contributed by atoms with Gasteiger partial charge >= 0.3 is 11.9 Å². The number of hydrogen-bond donors (Lipinski definition) is 0. The molecule has 0 amide bonds. The minimum atomic E-state index is -0.563. The largest absolute Gasteiger partial charge is 0.466 e. The third-order valence-electron chi connectivity index (χ3n) is 4.31. The van der Waals surface area contributed by atoms with E-state index < -0.39 is 5.92 Å². The Bertz CT molecular complexity index is 676. The van der Waals surface area contributed by atoms with Crippen LogP contribution in [0.15, 0.2) is 60.7 Å². The Labute approximate surface area is 167 Å². The molecule has 0 aromatic heterocycles. The monoisotopic (exact) mass is 383 g/mol. The van der Waals surface area contributed by atoms with E-state index in [0.29, 0.717) is 26.2 Å². The quantitative estimate of drug-likeness (QED) is 0.552. The van der Waals surface area contributed by atoms with Crippen molar-refractivity contribution in [3.8, 4) is 0 Å². The second kappa shape index (κ2) is 11.9. The molecule has 0 saturated heterocycles. The zero-order valence-corrected chi connectivity index (χ0v) is 16.7. The average Bonchev–Trinajstić information content (AvgIpc) is 2.69. The Kier molecular flexibility index (Phi) is 9.22. The van der Waals surface area contributed by atoms with Crippen molar-refractivity contribution in [1.29, 1.82) is 0 Å². The molecule has 150 valence electrons. The minimum Gasteiger partial charge on any atom is -0.466 e. The normalized spacial score (nSPS) is 11.8. The predicted molar refractivity (Wildman–Crippen MR) is 108 cm³/mol. The molecule has 0 aliphatic rings. The Hall–Kier alpha value is -2.66. The van der Waals surface area contributed by atoms with Gasteiger partial charge in [-0.25, -0.2) is 0 Å². The molecule has 1 atom stereocenters. The zero-order valence-electron chi connectivity index (χ0n) is 16.7. The van der Waals surface area contributed by atoms with Gasteiger partial charge in [0.1, 0.15) is 0 Å². The van der Waals surface area contributed by atoms with Crippen molar-refractivity contribution in [3.05, 3.63) is 71.8 Å². The van der Waals surface area contributed by atoms with Crippen molar-refractivity contribution in [1.82, 2.24) is 4.90 Å². The lowest BCUT2D eigenvalue weighted by atomic mass is 10.0. The fourth-order valence-corrected chi connectivity index (χ4v) is 3.08. The van der Waals surface area contributed by atoms with Crippen LogP contribution in [0.3, 0.4) is 0 Å². The first-order chi connectivity index (χ1) is 13.6. The van der Waals surface area contributed by atoms with Crippen molar-refractivity contribution in [3.63, 3.8) is 0 Å². The number of rotatable bonds is 11. The molecule has 0 spiro atoms. The molecule has 5 nitrogen and oxygen atoms in total. The van der Waals surface area contributed by atoms with Gasteiger partial charge < -0.3 is 9.47 Å². The molecule has 0 bridgehead atoms. The molecule has 0 N–H and O–H groups in total. The summed E-state index contributed by atoms with van der Waals surface area (Å²) in [6, 6.07) is 20.2. The van der Waals surface area contributed by atoms with E-state index in [-0.39, 0.29) is 25.0 Å². The fraction of sp³-hybridized carbons (Fsp3) is 0.391. The van der Waals surface area contributed by atoms with Crippen LogP contribution in [0.5, 0.6) is 0 Å². The Morgan fingerprint density at radius 3 is 1.79 bits per heavy atom. The Morgan fingerprint density at radius 1 is 0.821 bits per heavy atom. The second-order valence-electron chi connectivity index (χ2n) is 6.60. The van der Waals surface area contributed by atoms with E-state index in [0.717, 1.165) is 11.1 Å².